The minimum Gasteiger partial charge on any atom is -0.424 e. The maximum Gasteiger partial charge on any atom is 0.250 e. The Hall–Kier alpha value is -0.863. The van der Waals surface area contributed by atoms with Crippen molar-refractivity contribution in [3.05, 3.63) is 42.1 Å². The van der Waals surface area contributed by atoms with Crippen LogP contribution in [0.15, 0.2) is 42.1 Å². The second-order valence-corrected chi connectivity index (χ2v) is 9.14. The van der Waals surface area contributed by atoms with Gasteiger partial charge in [0.15, 0.2) is 0 Å². The second-order valence-electron chi connectivity index (χ2n) is 5.19. The molecule has 1 aromatic rings. The van der Waals surface area contributed by atoms with Gasteiger partial charge in [-0.25, -0.2) is 0 Å². The second kappa shape index (κ2) is 4.98. The highest BCUT2D eigenvalue weighted by Crippen LogP contribution is 2.34. The molecule has 88 valence electrons. The van der Waals surface area contributed by atoms with E-state index in [0.29, 0.717) is 0 Å². The van der Waals surface area contributed by atoms with Crippen LogP contribution in [0.4, 0.5) is 0 Å². The Balaban J connectivity index is 3.21. The summed E-state index contributed by atoms with van der Waals surface area (Å²) in [6, 6.07) is 10.1. The lowest BCUT2D eigenvalue weighted by molar-refractivity contribution is 0.503. The van der Waals surface area contributed by atoms with Crippen LogP contribution in [0.2, 0.25) is 5.04 Å². The standard InChI is InChI=1S/C14H22OSi/c1-5-6-12-16(15,14(2,3)4)13-10-8-7-9-11-13/h6-12,15H,5H2,1-4H3/b12-6+. The normalized spacial score (nSPS) is 16.3. The highest BCUT2D eigenvalue weighted by Gasteiger charge is 2.42. The molecule has 1 aromatic carbocycles. The average molecular weight is 234 g/mol. The lowest BCUT2D eigenvalue weighted by Crippen LogP contribution is -2.54. The molecule has 0 aliphatic carbocycles. The molecule has 0 heterocycles. The summed E-state index contributed by atoms with van der Waals surface area (Å²) in [5, 5.41) is 1.01. The van der Waals surface area contributed by atoms with Crippen LogP contribution in [0.1, 0.15) is 34.1 Å². The summed E-state index contributed by atoms with van der Waals surface area (Å²) in [4.78, 5) is 11.0. The summed E-state index contributed by atoms with van der Waals surface area (Å²) in [6.07, 6.45) is 3.06. The van der Waals surface area contributed by atoms with Crippen molar-refractivity contribution >= 4 is 13.5 Å². The summed E-state index contributed by atoms with van der Waals surface area (Å²) in [5.74, 6) is 0. The number of allylic oxidation sites excluding steroid dienone is 1. The molecule has 1 rings (SSSR count). The zero-order valence-corrected chi connectivity index (χ0v) is 11.7. The number of benzene rings is 1. The van der Waals surface area contributed by atoms with E-state index in [0.717, 1.165) is 11.6 Å². The smallest absolute Gasteiger partial charge is 0.250 e. The Morgan fingerprint density at radius 2 is 1.75 bits per heavy atom. The topological polar surface area (TPSA) is 20.2 Å². The molecule has 16 heavy (non-hydrogen) atoms. The molecular formula is C14H22OSi. The summed E-state index contributed by atoms with van der Waals surface area (Å²) in [6.45, 7) is 8.45. The Morgan fingerprint density at radius 3 is 2.19 bits per heavy atom. The maximum atomic E-state index is 11.0. The van der Waals surface area contributed by atoms with E-state index in [4.69, 9.17) is 0 Å². The van der Waals surface area contributed by atoms with E-state index >= 15 is 0 Å². The van der Waals surface area contributed by atoms with Crippen LogP contribution < -0.4 is 5.19 Å². The van der Waals surface area contributed by atoms with Gasteiger partial charge in [0.25, 0.3) is 0 Å². The molecule has 1 unspecified atom stereocenters. The van der Waals surface area contributed by atoms with Crippen LogP contribution in [0.3, 0.4) is 0 Å². The van der Waals surface area contributed by atoms with Crippen LogP contribution in [-0.4, -0.2) is 13.1 Å². The van der Waals surface area contributed by atoms with Crippen molar-refractivity contribution in [2.45, 2.75) is 39.2 Å². The fourth-order valence-corrected chi connectivity index (χ4v) is 4.60. The Labute approximate surface area is 100.0 Å². The van der Waals surface area contributed by atoms with E-state index in [-0.39, 0.29) is 5.04 Å². The fourth-order valence-electron chi connectivity index (χ4n) is 1.76. The lowest BCUT2D eigenvalue weighted by atomic mass is 10.2. The first-order chi connectivity index (χ1) is 7.42. The molecule has 0 saturated heterocycles. The van der Waals surface area contributed by atoms with Gasteiger partial charge >= 0.3 is 0 Å². The number of rotatable bonds is 3. The molecular weight excluding hydrogens is 212 g/mol. The number of hydrogen-bond donors (Lipinski definition) is 1. The zero-order chi connectivity index (χ0) is 12.2. The molecule has 0 fully saturated rings. The molecule has 1 nitrogen and oxygen atoms in total. The van der Waals surface area contributed by atoms with Crippen molar-refractivity contribution in [2.24, 2.45) is 0 Å². The van der Waals surface area contributed by atoms with Gasteiger partial charge < -0.3 is 4.80 Å². The molecule has 0 radical (unpaired) electrons. The molecule has 0 saturated carbocycles. The first kappa shape index (κ1) is 13.2. The largest absolute Gasteiger partial charge is 0.424 e. The van der Waals surface area contributed by atoms with Gasteiger partial charge in [-0.15, -0.1) is 0 Å². The lowest BCUT2D eigenvalue weighted by Gasteiger charge is -2.35. The van der Waals surface area contributed by atoms with Crippen molar-refractivity contribution in [1.29, 1.82) is 0 Å². The van der Waals surface area contributed by atoms with Crippen molar-refractivity contribution in [1.82, 2.24) is 0 Å². The predicted octanol–water partition coefficient (Wildman–Crippen LogP) is 3.14. The third-order valence-corrected chi connectivity index (χ3v) is 7.17. The minimum absolute atomic E-state index is 0.0833. The van der Waals surface area contributed by atoms with E-state index in [9.17, 15) is 4.80 Å². The van der Waals surface area contributed by atoms with Gasteiger partial charge in [0, 0.05) is 0 Å². The van der Waals surface area contributed by atoms with Crippen LogP contribution in [0.5, 0.6) is 0 Å². The average Bonchev–Trinajstić information content (AvgIpc) is 2.25. The van der Waals surface area contributed by atoms with E-state index in [2.05, 4.69) is 39.5 Å². The van der Waals surface area contributed by atoms with Gasteiger partial charge in [0.1, 0.15) is 0 Å². The monoisotopic (exact) mass is 234 g/mol. The number of hydrogen-bond acceptors (Lipinski definition) is 1. The molecule has 0 amide bonds. The van der Waals surface area contributed by atoms with Gasteiger partial charge in [0.05, 0.1) is 0 Å². The van der Waals surface area contributed by atoms with Gasteiger partial charge in [-0.05, 0) is 16.6 Å². The minimum atomic E-state index is -2.53. The van der Waals surface area contributed by atoms with Crippen molar-refractivity contribution < 1.29 is 4.80 Å². The SMILES string of the molecule is CC/C=C/[Si](O)(c1ccccc1)C(C)(C)C. The first-order valence-corrected chi connectivity index (χ1v) is 7.90. The Morgan fingerprint density at radius 1 is 1.19 bits per heavy atom. The quantitative estimate of drug-likeness (QED) is 0.797. The Kier molecular flexibility index (Phi) is 4.11. The van der Waals surface area contributed by atoms with Crippen LogP contribution >= 0.6 is 0 Å². The van der Waals surface area contributed by atoms with Crippen LogP contribution in [-0.2, 0) is 0 Å². The van der Waals surface area contributed by atoms with E-state index < -0.39 is 8.32 Å². The molecule has 0 aromatic heterocycles. The molecule has 0 aliphatic heterocycles. The van der Waals surface area contributed by atoms with Crippen LogP contribution in [0.25, 0.3) is 0 Å². The zero-order valence-electron chi connectivity index (χ0n) is 10.7. The first-order valence-electron chi connectivity index (χ1n) is 5.87. The highest BCUT2D eigenvalue weighted by molar-refractivity contribution is 6.92. The highest BCUT2D eigenvalue weighted by atomic mass is 28.4. The van der Waals surface area contributed by atoms with E-state index in [1.165, 1.54) is 0 Å². The molecule has 1 atom stereocenters. The molecule has 0 spiro atoms. The third-order valence-electron chi connectivity index (χ3n) is 2.95. The van der Waals surface area contributed by atoms with Gasteiger partial charge in [-0.3, -0.25) is 0 Å². The van der Waals surface area contributed by atoms with Crippen molar-refractivity contribution in [3.63, 3.8) is 0 Å². The van der Waals surface area contributed by atoms with E-state index in [1.807, 2.05) is 30.3 Å². The van der Waals surface area contributed by atoms with Gasteiger partial charge in [0.2, 0.25) is 8.32 Å². The molecule has 2 heteroatoms. The molecule has 0 aliphatic rings. The summed E-state index contributed by atoms with van der Waals surface area (Å²) < 4.78 is 0. The third kappa shape index (κ3) is 2.63. The maximum absolute atomic E-state index is 11.0. The van der Waals surface area contributed by atoms with Crippen molar-refractivity contribution in [3.8, 4) is 0 Å². The summed E-state index contributed by atoms with van der Waals surface area (Å²) >= 11 is 0. The van der Waals surface area contributed by atoms with Crippen LogP contribution in [0, 0.1) is 0 Å². The van der Waals surface area contributed by atoms with Gasteiger partial charge in [-0.1, -0.05) is 69.8 Å². The summed E-state index contributed by atoms with van der Waals surface area (Å²) in [7, 11) is -2.53. The molecule has 0 bridgehead atoms. The fraction of sp³-hybridized carbons (Fsp3) is 0.429. The summed E-state index contributed by atoms with van der Waals surface area (Å²) in [5.41, 5.74) is 2.06. The Bertz CT molecular complexity index is 351. The molecule has 1 N–H and O–H groups in total. The van der Waals surface area contributed by atoms with E-state index in [1.54, 1.807) is 0 Å². The predicted molar refractivity (Wildman–Crippen MR) is 73.2 cm³/mol. The van der Waals surface area contributed by atoms with Gasteiger partial charge in [-0.2, -0.15) is 0 Å². The van der Waals surface area contributed by atoms with Crippen molar-refractivity contribution in [2.75, 3.05) is 0 Å².